The molecule has 1 saturated carbocycles. The van der Waals surface area contributed by atoms with Crippen LogP contribution >= 0.6 is 0 Å². The van der Waals surface area contributed by atoms with Gasteiger partial charge in [-0.25, -0.2) is 23.5 Å². The second kappa shape index (κ2) is 11.9. The average molecular weight is 677 g/mol. The summed E-state index contributed by atoms with van der Waals surface area (Å²) >= 11 is 0. The number of ether oxygens (including phenoxy) is 3. The largest absolute Gasteiger partial charge is 0.480 e. The molecule has 2 spiro atoms. The second-order valence-corrected chi connectivity index (χ2v) is 14.1. The van der Waals surface area contributed by atoms with Gasteiger partial charge in [0.2, 0.25) is 17.8 Å². The van der Waals surface area contributed by atoms with Gasteiger partial charge in [-0.2, -0.15) is 9.97 Å². The molecular formula is C34H38F2N8O5. The van der Waals surface area contributed by atoms with Gasteiger partial charge in [-0.1, -0.05) is 11.8 Å². The number of anilines is 2. The van der Waals surface area contributed by atoms with Crippen LogP contribution in [-0.2, 0) is 14.3 Å². The molecule has 0 amide bonds. The van der Waals surface area contributed by atoms with Crippen molar-refractivity contribution in [1.29, 1.82) is 0 Å². The number of H-pyrrole nitrogens is 1. The first-order valence-corrected chi connectivity index (χ1v) is 16.6. The molecule has 13 nitrogen and oxygen atoms in total. The first kappa shape index (κ1) is 31.9. The molecule has 1 aliphatic carbocycles. The number of aliphatic carboxylic acids is 1. The van der Waals surface area contributed by atoms with E-state index in [9.17, 15) is 18.7 Å². The van der Waals surface area contributed by atoms with Crippen molar-refractivity contribution >= 4 is 17.6 Å². The Bertz CT molecular complexity index is 1790. The van der Waals surface area contributed by atoms with Crippen molar-refractivity contribution in [3.63, 3.8) is 0 Å². The first-order valence-electron chi connectivity index (χ1n) is 16.6. The highest BCUT2D eigenvalue weighted by atomic mass is 19.3. The van der Waals surface area contributed by atoms with Gasteiger partial charge in [-0.3, -0.25) is 4.90 Å². The van der Waals surface area contributed by atoms with Gasteiger partial charge in [-0.15, -0.1) is 0 Å². The van der Waals surface area contributed by atoms with Crippen molar-refractivity contribution in [2.75, 3.05) is 62.3 Å². The predicted molar refractivity (Wildman–Crippen MR) is 173 cm³/mol. The van der Waals surface area contributed by atoms with Crippen LogP contribution in [0.5, 0.6) is 5.88 Å². The van der Waals surface area contributed by atoms with E-state index >= 15 is 0 Å². The van der Waals surface area contributed by atoms with Gasteiger partial charge in [0.15, 0.2) is 5.82 Å². The molecule has 2 N–H and O–H groups in total. The molecule has 4 saturated heterocycles. The summed E-state index contributed by atoms with van der Waals surface area (Å²) in [5.41, 5.74) is 1.46. The molecular weight excluding hydrogens is 638 g/mol. The number of likely N-dealkylation sites (tertiary alicyclic amines) is 1. The van der Waals surface area contributed by atoms with Crippen molar-refractivity contribution in [2.24, 2.45) is 5.41 Å². The van der Waals surface area contributed by atoms with Crippen LogP contribution in [0.15, 0.2) is 30.6 Å². The molecule has 5 fully saturated rings. The fraction of sp³-hybridized carbons (Fsp3) is 0.559. The third kappa shape index (κ3) is 5.95. The number of aromatic amines is 1. The summed E-state index contributed by atoms with van der Waals surface area (Å²) in [6.07, 6.45) is 3.04. The molecule has 0 radical (unpaired) electrons. The normalized spacial score (nSPS) is 26.4. The lowest BCUT2D eigenvalue weighted by Crippen LogP contribution is -2.68. The van der Waals surface area contributed by atoms with E-state index in [-0.39, 0.29) is 43.2 Å². The van der Waals surface area contributed by atoms with Crippen molar-refractivity contribution in [3.05, 3.63) is 42.0 Å². The monoisotopic (exact) mass is 676 g/mol. The Kier molecular flexibility index (Phi) is 7.73. The van der Waals surface area contributed by atoms with E-state index in [2.05, 4.69) is 48.5 Å². The Balaban J connectivity index is 1.03. The van der Waals surface area contributed by atoms with Crippen LogP contribution in [-0.4, -0.2) is 123 Å². The number of hydrogen-bond donors (Lipinski definition) is 2. The highest BCUT2D eigenvalue weighted by Gasteiger charge is 2.61. The van der Waals surface area contributed by atoms with E-state index in [1.54, 1.807) is 24.2 Å². The number of nitrogens with zero attached hydrogens (tertiary/aromatic N) is 7. The Morgan fingerprint density at radius 3 is 2.71 bits per heavy atom. The molecule has 0 aromatic carbocycles. The number of pyridine rings is 1. The lowest BCUT2D eigenvalue weighted by Gasteiger charge is -2.58. The fourth-order valence-electron chi connectivity index (χ4n) is 7.93. The Morgan fingerprint density at radius 1 is 1.20 bits per heavy atom. The number of carbonyl (C=O) groups is 1. The van der Waals surface area contributed by atoms with Crippen LogP contribution in [0, 0.1) is 24.2 Å². The number of morpholine rings is 1. The Labute approximate surface area is 282 Å². The molecule has 3 aromatic rings. The number of carboxylic acids is 1. The minimum Gasteiger partial charge on any atom is -0.480 e. The number of halogens is 2. The van der Waals surface area contributed by atoms with Gasteiger partial charge < -0.3 is 34.1 Å². The third-order valence-electron chi connectivity index (χ3n) is 10.4. The minimum absolute atomic E-state index is 0.0291. The minimum atomic E-state index is -2.52. The van der Waals surface area contributed by atoms with E-state index in [4.69, 9.17) is 19.2 Å². The smallest absolute Gasteiger partial charge is 0.326 e. The number of aryl methyl sites for hydroxylation is 1. The van der Waals surface area contributed by atoms with Gasteiger partial charge >= 0.3 is 5.97 Å². The maximum atomic E-state index is 13.4. The standard InChI is InChI=1S/C34H38F2N8O5/c1-21-33(19-47-20-33)48-10-9-43(21)26-11-23(5-4-8-42-17-32(18-42)15-34(35,36)16-32)13-38-29(26)49-24-12-27(30(45)46)44(14-24)31-40-22(2)39-28(41-31)25-6-3-7-37-25/h3,6-7,11,13,21,24,27,37H,8-10,12,14-20H2,1-2H3,(H,45,46)/t21-,24-,27-/m0/s1. The van der Waals surface area contributed by atoms with E-state index in [1.165, 1.54) is 0 Å². The van der Waals surface area contributed by atoms with E-state index in [1.807, 2.05) is 18.2 Å². The van der Waals surface area contributed by atoms with Crippen LogP contribution in [0.2, 0.25) is 0 Å². The van der Waals surface area contributed by atoms with Crippen molar-refractivity contribution in [1.82, 2.24) is 29.8 Å². The molecule has 258 valence electrons. The van der Waals surface area contributed by atoms with Gasteiger partial charge in [0.1, 0.15) is 29.3 Å². The number of alkyl halides is 2. The zero-order chi connectivity index (χ0) is 34.0. The molecule has 5 aliphatic rings. The first-order chi connectivity index (χ1) is 23.5. The van der Waals surface area contributed by atoms with Crippen LogP contribution < -0.4 is 14.5 Å². The molecule has 49 heavy (non-hydrogen) atoms. The van der Waals surface area contributed by atoms with E-state index < -0.39 is 29.6 Å². The predicted octanol–water partition coefficient (Wildman–Crippen LogP) is 2.76. The molecule has 3 aromatic heterocycles. The summed E-state index contributed by atoms with van der Waals surface area (Å²) in [4.78, 5) is 39.8. The van der Waals surface area contributed by atoms with Crippen LogP contribution in [0.25, 0.3) is 11.5 Å². The highest BCUT2D eigenvalue weighted by Crippen LogP contribution is 2.56. The van der Waals surface area contributed by atoms with Crippen molar-refractivity contribution in [2.45, 2.75) is 62.8 Å². The summed E-state index contributed by atoms with van der Waals surface area (Å²) in [7, 11) is 0. The number of rotatable bonds is 7. The molecule has 7 heterocycles. The van der Waals surface area contributed by atoms with E-state index in [0.717, 1.165) is 5.69 Å². The molecule has 4 aliphatic heterocycles. The van der Waals surface area contributed by atoms with Crippen LogP contribution in [0.4, 0.5) is 20.4 Å². The summed E-state index contributed by atoms with van der Waals surface area (Å²) in [6.45, 7) is 7.94. The fourth-order valence-corrected chi connectivity index (χ4v) is 7.93. The third-order valence-corrected chi connectivity index (χ3v) is 10.4. The quantitative estimate of drug-likeness (QED) is 0.356. The summed E-state index contributed by atoms with van der Waals surface area (Å²) in [6, 6.07) is 4.67. The van der Waals surface area contributed by atoms with Crippen LogP contribution in [0.1, 0.15) is 37.6 Å². The molecule has 3 atom stereocenters. The van der Waals surface area contributed by atoms with Crippen molar-refractivity contribution < 1.29 is 32.9 Å². The van der Waals surface area contributed by atoms with Gasteiger partial charge in [-0.05, 0) is 32.0 Å². The topological polar surface area (TPSA) is 142 Å². The summed E-state index contributed by atoms with van der Waals surface area (Å²) in [5.74, 6) is 4.42. The maximum absolute atomic E-state index is 13.4. The van der Waals surface area contributed by atoms with Crippen LogP contribution in [0.3, 0.4) is 0 Å². The lowest BCUT2D eigenvalue weighted by atomic mass is 9.61. The molecule has 0 bridgehead atoms. The Hall–Kier alpha value is -4.39. The average Bonchev–Trinajstić information content (AvgIpc) is 3.70. The van der Waals surface area contributed by atoms with Gasteiger partial charge in [0.05, 0.1) is 44.6 Å². The zero-order valence-electron chi connectivity index (χ0n) is 27.4. The second-order valence-electron chi connectivity index (χ2n) is 14.1. The SMILES string of the molecule is Cc1nc(-c2ccc[nH]2)nc(N2C[C@@H](Oc3ncc(C#CCN4CC5(C4)CC(F)(F)C5)cc3N3CCOC4(COC4)[C@@H]3C)C[C@H]2C(=O)O)n1. The number of hydrogen-bond acceptors (Lipinski definition) is 11. The van der Waals surface area contributed by atoms with Gasteiger partial charge in [0, 0.05) is 62.3 Å². The summed E-state index contributed by atoms with van der Waals surface area (Å²) < 4.78 is 45.1. The van der Waals surface area contributed by atoms with Crippen molar-refractivity contribution in [3.8, 4) is 29.2 Å². The molecule has 15 heteroatoms. The van der Waals surface area contributed by atoms with Gasteiger partial charge in [0.25, 0.3) is 0 Å². The molecule has 8 rings (SSSR count). The number of aromatic nitrogens is 5. The maximum Gasteiger partial charge on any atom is 0.326 e. The zero-order valence-corrected chi connectivity index (χ0v) is 27.4. The number of carboxylic acid groups (broad SMARTS) is 1. The number of nitrogens with one attached hydrogen (secondary N) is 1. The molecule has 0 unspecified atom stereocenters. The lowest BCUT2D eigenvalue weighted by molar-refractivity contribution is -0.228. The highest BCUT2D eigenvalue weighted by molar-refractivity contribution is 5.78. The summed E-state index contributed by atoms with van der Waals surface area (Å²) in [5, 5.41) is 10.2. The Morgan fingerprint density at radius 2 is 2.02 bits per heavy atom. The van der Waals surface area contributed by atoms with E-state index in [0.29, 0.717) is 74.8 Å².